The van der Waals surface area contributed by atoms with Gasteiger partial charge in [0.25, 0.3) is 0 Å². The van der Waals surface area contributed by atoms with Crippen LogP contribution in [0.1, 0.15) is 215 Å². The molecule has 47 heteroatoms. The number of hydrogen-bond donors (Lipinski definition) is 20. The van der Waals surface area contributed by atoms with Gasteiger partial charge in [-0.1, -0.05) is 106 Å². The molecule has 1 aromatic rings. The molecule has 0 spiro atoms. The van der Waals surface area contributed by atoms with E-state index in [1.54, 1.807) is 64.3 Å². The molecule has 0 saturated carbocycles. The molecule has 0 unspecified atom stereocenters. The van der Waals surface area contributed by atoms with Crippen LogP contribution in [0.25, 0.3) is 0 Å². The Kier molecular flexibility index (Phi) is 50.2. The smallest absolute Gasteiger partial charge is 0.303 e. The number of carbonyl (C=O) groups is 19. The number of benzene rings is 1. The molecular weight excluding hydrogens is 1850 g/mol. The van der Waals surface area contributed by atoms with E-state index < -0.39 is 234 Å². The second kappa shape index (κ2) is 59.7. The van der Waals surface area contributed by atoms with Crippen LogP contribution in [0.3, 0.4) is 0 Å². The number of unbranched alkanes of at least 4 members (excludes halogenated alkanes) is 2. The molecule has 5 fully saturated rings. The second-order valence-corrected chi connectivity index (χ2v) is 40.6. The monoisotopic (exact) mass is 2000 g/mol. The van der Waals surface area contributed by atoms with Crippen molar-refractivity contribution < 1.29 is 101 Å². The van der Waals surface area contributed by atoms with Crippen LogP contribution in [-0.2, 0) is 97.5 Å². The molecule has 772 valence electrons. The topological polar surface area (TPSA) is 677 Å². The standard InChI is InChI=1S/C91H149N23O21S3/c1-51(2)23-17-28-63-87(132)111-41-19-30-68(111)84(129)98-54(7)75(120)109-66(49-115)82(127)108-65(48-56-24-11-10-12-25-56)81(126)110-67(83(128)106-62(27-14-16-39-93)88(133)114-44-22-33-71(114)89(134)112-42-20-31-69(112)85(130)100-57(74(94)119)34-35-72(117)118)50-138-137-46-37-61(103-78(123)60(36-45-136-9)104-86(131)70-32-21-43-113(70)90(135)73(53(5)6)99-55(8)116)79(124)107-64(47-52(3)4)80(125)102-59(29-18-40-97-91(95)96)76(121)101-58(77(122)105-63)26-13-15-38-92/h10-12,24-25,51-54,57-71,73,115H,13-23,26-50,92-93H2,1-9H3,(H2,94,119)(H,98,129)(H,99,116)(H,100,130)(H,101,121)(H,102,125)(H,103,123)(H,104,131)(H,105,122)(H,106,128)(H,107,124)(H,108,127)(H,109,120)(H,110,126)(H,117,118)(H4,95,96,97)/t54-,57-,58-,59-,60-,61-,62-,63-,64-,65-,66-,67-,68-,69-,70-,71-,73-/m0/s1. The van der Waals surface area contributed by atoms with Crippen LogP contribution in [0.5, 0.6) is 0 Å². The zero-order valence-corrected chi connectivity index (χ0v) is 83.3. The number of aliphatic imine (C=N–C) groups is 1. The van der Waals surface area contributed by atoms with E-state index in [4.69, 9.17) is 28.7 Å². The van der Waals surface area contributed by atoms with E-state index in [0.717, 1.165) is 21.6 Å². The number of hydrogen-bond acceptors (Lipinski definition) is 26. The number of aliphatic hydroxyl groups is 1. The molecule has 138 heavy (non-hydrogen) atoms. The molecule has 5 saturated heterocycles. The molecule has 6 rings (SSSR count). The average molecular weight is 2000 g/mol. The first-order valence-corrected chi connectivity index (χ1v) is 52.0. The molecule has 0 bridgehead atoms. The Morgan fingerprint density at radius 2 is 1.07 bits per heavy atom. The number of carboxylic acids is 1. The number of nitrogens with zero attached hydrogens (tertiary/aromatic N) is 5. The lowest BCUT2D eigenvalue weighted by molar-refractivity contribution is -0.148. The van der Waals surface area contributed by atoms with Gasteiger partial charge >= 0.3 is 5.97 Å². The van der Waals surface area contributed by atoms with Gasteiger partial charge in [0.15, 0.2) is 5.96 Å². The maximum Gasteiger partial charge on any atom is 0.303 e. The molecular formula is C91H149N23O21S3. The molecule has 0 aromatic heterocycles. The predicted octanol–water partition coefficient (Wildman–Crippen LogP) is -2.74. The number of amides is 18. The highest BCUT2D eigenvalue weighted by atomic mass is 33.1. The fourth-order valence-electron chi connectivity index (χ4n) is 17.2. The summed E-state index contributed by atoms with van der Waals surface area (Å²) < 4.78 is 0. The Bertz CT molecular complexity index is 4330. The summed E-state index contributed by atoms with van der Waals surface area (Å²) in [7, 11) is 1.98. The van der Waals surface area contributed by atoms with Crippen LogP contribution in [0.4, 0.5) is 0 Å². The van der Waals surface area contributed by atoms with Gasteiger partial charge in [0.05, 0.1) is 6.61 Å². The highest BCUT2D eigenvalue weighted by Gasteiger charge is 2.47. The Morgan fingerprint density at radius 1 is 0.529 bits per heavy atom. The fraction of sp³-hybridized carbons (Fsp3) is 0.714. The van der Waals surface area contributed by atoms with Crippen LogP contribution in [0, 0.1) is 17.8 Å². The summed E-state index contributed by atoms with van der Waals surface area (Å²) in [5, 5.41) is 55.7. The van der Waals surface area contributed by atoms with Crippen molar-refractivity contribution in [2.75, 3.05) is 75.9 Å². The Morgan fingerprint density at radius 3 is 1.67 bits per heavy atom. The fourth-order valence-corrected chi connectivity index (χ4v) is 19.9. The SMILES string of the molecule is CSCC[C@H](NC(=O)[C@@H]1CCCN1C(=O)[C@@H](NC(C)=O)C(C)C)C(=O)N[C@H]1CCSSC[C@@H](C(=O)N[C@@H](CCCCN)C(=O)N2CCC[C@H]2C(=O)N2CCC[C@H]2C(=O)N[C@@H](CCC(=O)O)C(N)=O)NC(=O)[C@H](Cc2ccccc2)NC(=O)[C@H](CO)NC(=O)[C@H](C)NC(=O)[C@@H]2CCCN2C(=O)[C@H](CCCC(C)C)NC(=O)[C@H](CCCCN)NC(=O)[C@H](CCCN=C(N)N)NC(=O)[C@H](CC(C)C)NC1=O. The lowest BCUT2D eigenvalue weighted by Crippen LogP contribution is -2.61. The normalized spacial score (nSPS) is 24.3. The Hall–Kier alpha value is -10.6. The zero-order valence-electron chi connectivity index (χ0n) is 80.9. The summed E-state index contributed by atoms with van der Waals surface area (Å²) in [4.78, 5) is 285. The number of aliphatic hydroxyl groups excluding tert-OH is 1. The van der Waals surface area contributed by atoms with E-state index in [1.165, 1.54) is 45.2 Å². The molecule has 5 heterocycles. The van der Waals surface area contributed by atoms with Gasteiger partial charge in [0.2, 0.25) is 106 Å². The van der Waals surface area contributed by atoms with Crippen molar-refractivity contribution >= 4 is 152 Å². The minimum absolute atomic E-state index is 0.000654. The summed E-state index contributed by atoms with van der Waals surface area (Å²) in [6.07, 6.45) is 4.21. The number of thioether (sulfide) groups is 1. The van der Waals surface area contributed by atoms with Crippen molar-refractivity contribution in [2.45, 2.75) is 319 Å². The van der Waals surface area contributed by atoms with Gasteiger partial charge in [0.1, 0.15) is 103 Å². The maximum atomic E-state index is 15.6. The Balaban J connectivity index is 1.49. The van der Waals surface area contributed by atoms with E-state index >= 15 is 43.2 Å². The van der Waals surface area contributed by atoms with Gasteiger partial charge in [-0.15, -0.1) is 0 Å². The third-order valence-electron chi connectivity index (χ3n) is 24.7. The predicted molar refractivity (Wildman–Crippen MR) is 520 cm³/mol. The van der Waals surface area contributed by atoms with E-state index in [2.05, 4.69) is 74.1 Å². The third-order valence-corrected chi connectivity index (χ3v) is 27.8. The van der Waals surface area contributed by atoms with Gasteiger partial charge in [-0.2, -0.15) is 11.8 Å². The Labute approximate surface area is 819 Å². The zero-order chi connectivity index (χ0) is 102. The van der Waals surface area contributed by atoms with Gasteiger partial charge in [0, 0.05) is 64.0 Å². The minimum Gasteiger partial charge on any atom is -0.481 e. The van der Waals surface area contributed by atoms with Crippen molar-refractivity contribution in [3.05, 3.63) is 35.9 Å². The number of carboxylic acid groups (broad SMARTS) is 1. The van der Waals surface area contributed by atoms with Gasteiger partial charge < -0.3 is 128 Å². The maximum absolute atomic E-state index is 15.6. The van der Waals surface area contributed by atoms with Crippen molar-refractivity contribution in [3.63, 3.8) is 0 Å². The number of nitrogens with one attached hydrogen (secondary N) is 13. The molecule has 5 aliphatic rings. The molecule has 18 amide bonds. The van der Waals surface area contributed by atoms with E-state index in [9.17, 15) is 58.2 Å². The number of primary amides is 1. The third kappa shape index (κ3) is 37.5. The van der Waals surface area contributed by atoms with Crippen molar-refractivity contribution in [3.8, 4) is 0 Å². The molecule has 0 radical (unpaired) electrons. The van der Waals surface area contributed by atoms with Crippen LogP contribution in [0.15, 0.2) is 35.3 Å². The van der Waals surface area contributed by atoms with Crippen molar-refractivity contribution in [1.29, 1.82) is 0 Å². The number of aliphatic carboxylic acids is 1. The van der Waals surface area contributed by atoms with Crippen molar-refractivity contribution in [1.82, 2.24) is 88.7 Å². The van der Waals surface area contributed by atoms with Crippen LogP contribution in [0.2, 0.25) is 0 Å². The van der Waals surface area contributed by atoms with Crippen LogP contribution >= 0.6 is 33.3 Å². The summed E-state index contributed by atoms with van der Waals surface area (Å²) in [6, 6.07) is -15.5. The number of rotatable bonds is 41. The number of nitrogens with two attached hydrogens (primary N) is 5. The summed E-state index contributed by atoms with van der Waals surface area (Å²) in [5.74, 6) is -17.2. The van der Waals surface area contributed by atoms with E-state index in [-0.39, 0.29) is 184 Å². The van der Waals surface area contributed by atoms with Crippen LogP contribution in [-0.4, -0.2) is 327 Å². The van der Waals surface area contributed by atoms with Gasteiger partial charge in [-0.25, -0.2) is 0 Å². The quantitative estimate of drug-likeness (QED) is 0.0137. The molecule has 0 aliphatic carbocycles. The molecule has 1 aromatic carbocycles. The summed E-state index contributed by atoms with van der Waals surface area (Å²) >= 11 is 1.33. The first-order chi connectivity index (χ1) is 65.6. The lowest BCUT2D eigenvalue weighted by atomic mass is 10.00. The number of carbonyl (C=O) groups excluding carboxylic acids is 18. The first kappa shape index (κ1) is 116. The lowest BCUT2D eigenvalue weighted by Gasteiger charge is -2.33. The molecule has 44 nitrogen and oxygen atoms in total. The number of guanidine groups is 1. The molecule has 17 atom stereocenters. The molecule has 5 aliphatic heterocycles. The van der Waals surface area contributed by atoms with E-state index in [0.29, 0.717) is 56.9 Å². The van der Waals surface area contributed by atoms with Gasteiger partial charge in [-0.3, -0.25) is 96.1 Å². The molecule has 25 N–H and O–H groups in total. The number of likely N-dealkylation sites (tertiary alicyclic amines) is 3. The number of fused-ring (bicyclic) bond motifs is 1. The first-order valence-electron chi connectivity index (χ1n) is 48.1. The largest absolute Gasteiger partial charge is 0.481 e. The van der Waals surface area contributed by atoms with Crippen LogP contribution < -0.4 is 97.8 Å². The highest BCUT2D eigenvalue weighted by molar-refractivity contribution is 8.76. The van der Waals surface area contributed by atoms with E-state index in [1.807, 2.05) is 13.8 Å². The summed E-state index contributed by atoms with van der Waals surface area (Å²) in [6.45, 7) is 13.0. The second-order valence-electron chi connectivity index (χ2n) is 36.9. The average Bonchev–Trinajstić information content (AvgIpc) is 1.64. The minimum atomic E-state index is -1.83. The van der Waals surface area contributed by atoms with Gasteiger partial charge in [-0.05, 0) is 190 Å². The summed E-state index contributed by atoms with van der Waals surface area (Å²) in [5.41, 5.74) is 29.4. The highest BCUT2D eigenvalue weighted by Crippen LogP contribution is 2.30. The van der Waals surface area contributed by atoms with Crippen molar-refractivity contribution in [2.24, 2.45) is 51.4 Å².